The molecule has 1 aliphatic heterocycles. The number of benzene rings is 1. The van der Waals surface area contributed by atoms with Gasteiger partial charge in [0.1, 0.15) is 0 Å². The van der Waals surface area contributed by atoms with Gasteiger partial charge in [-0.1, -0.05) is 12.1 Å². The summed E-state index contributed by atoms with van der Waals surface area (Å²) in [5, 5.41) is 10.8. The van der Waals surface area contributed by atoms with Gasteiger partial charge < -0.3 is 10.6 Å². The van der Waals surface area contributed by atoms with Crippen LogP contribution in [0.1, 0.15) is 33.7 Å². The van der Waals surface area contributed by atoms with Gasteiger partial charge in [-0.15, -0.1) is 0 Å². The van der Waals surface area contributed by atoms with E-state index in [0.717, 1.165) is 43.0 Å². The highest BCUT2D eigenvalue weighted by Gasteiger charge is 2.17. The van der Waals surface area contributed by atoms with E-state index in [2.05, 4.69) is 28.7 Å². The molecule has 5 nitrogen and oxygen atoms in total. The first-order valence-corrected chi connectivity index (χ1v) is 7.73. The Hall–Kier alpha value is -2.14. The second kappa shape index (κ2) is 6.32. The van der Waals surface area contributed by atoms with Gasteiger partial charge in [0.2, 0.25) is 0 Å². The molecular weight excluding hydrogens is 276 g/mol. The van der Waals surface area contributed by atoms with Gasteiger partial charge in [-0.3, -0.25) is 9.48 Å². The van der Waals surface area contributed by atoms with Crippen molar-refractivity contribution in [1.82, 2.24) is 20.4 Å². The van der Waals surface area contributed by atoms with E-state index in [1.54, 1.807) is 0 Å². The molecule has 0 radical (unpaired) electrons. The number of rotatable bonds is 4. The van der Waals surface area contributed by atoms with E-state index in [4.69, 9.17) is 0 Å². The molecule has 0 saturated carbocycles. The molecule has 22 heavy (non-hydrogen) atoms. The average Bonchev–Trinajstić information content (AvgIpc) is 3.10. The van der Waals surface area contributed by atoms with Crippen LogP contribution in [0.15, 0.2) is 30.3 Å². The van der Waals surface area contributed by atoms with Crippen LogP contribution in [0.25, 0.3) is 0 Å². The molecule has 0 spiro atoms. The summed E-state index contributed by atoms with van der Waals surface area (Å²) in [6.45, 7) is 6.62. The highest BCUT2D eigenvalue weighted by atomic mass is 16.1. The maximum absolute atomic E-state index is 12.2. The molecule has 1 atom stereocenters. The predicted octanol–water partition coefficient (Wildman–Crippen LogP) is 1.64. The van der Waals surface area contributed by atoms with Crippen LogP contribution in [-0.2, 0) is 6.54 Å². The third-order valence-electron chi connectivity index (χ3n) is 4.05. The summed E-state index contributed by atoms with van der Waals surface area (Å²) in [4.78, 5) is 12.2. The highest BCUT2D eigenvalue weighted by molar-refractivity contribution is 5.94. The number of aryl methyl sites for hydroxylation is 2. The summed E-state index contributed by atoms with van der Waals surface area (Å²) in [5.41, 5.74) is 4.03. The molecular formula is C17H22N4O. The summed E-state index contributed by atoms with van der Waals surface area (Å²) in [6.07, 6.45) is 1.00. The number of nitrogens with zero attached hydrogens (tertiary/aromatic N) is 2. The Morgan fingerprint density at radius 2 is 2.14 bits per heavy atom. The van der Waals surface area contributed by atoms with Gasteiger partial charge in [-0.05, 0) is 50.6 Å². The fraction of sp³-hybridized carbons (Fsp3) is 0.412. The number of aromatic nitrogens is 2. The number of carbonyl (C=O) groups excluding carboxylic acids is 1. The molecule has 2 aromatic rings. The lowest BCUT2D eigenvalue weighted by Crippen LogP contribution is -2.36. The van der Waals surface area contributed by atoms with Gasteiger partial charge in [0, 0.05) is 23.8 Å². The van der Waals surface area contributed by atoms with E-state index in [1.165, 1.54) is 0 Å². The summed E-state index contributed by atoms with van der Waals surface area (Å²) >= 11 is 0. The van der Waals surface area contributed by atoms with E-state index in [1.807, 2.05) is 35.9 Å². The van der Waals surface area contributed by atoms with Crippen molar-refractivity contribution in [2.75, 3.05) is 13.1 Å². The minimum absolute atomic E-state index is 0.00589. The number of hydrogen-bond donors (Lipinski definition) is 2. The number of carbonyl (C=O) groups is 1. The van der Waals surface area contributed by atoms with Crippen LogP contribution in [0, 0.1) is 13.8 Å². The monoisotopic (exact) mass is 298 g/mol. The molecule has 1 fully saturated rings. The molecule has 1 saturated heterocycles. The summed E-state index contributed by atoms with van der Waals surface area (Å²) in [6, 6.07) is 10.1. The smallest absolute Gasteiger partial charge is 0.251 e. The van der Waals surface area contributed by atoms with Crippen LogP contribution in [-0.4, -0.2) is 34.8 Å². The van der Waals surface area contributed by atoms with E-state index < -0.39 is 0 Å². The molecule has 2 heterocycles. The zero-order chi connectivity index (χ0) is 15.5. The summed E-state index contributed by atoms with van der Waals surface area (Å²) in [7, 11) is 0. The van der Waals surface area contributed by atoms with Crippen LogP contribution in [0.2, 0.25) is 0 Å². The van der Waals surface area contributed by atoms with E-state index >= 15 is 0 Å². The Bertz CT molecular complexity index is 654. The van der Waals surface area contributed by atoms with Crippen molar-refractivity contribution in [3.63, 3.8) is 0 Å². The zero-order valence-electron chi connectivity index (χ0n) is 13.1. The van der Waals surface area contributed by atoms with E-state index in [-0.39, 0.29) is 11.9 Å². The van der Waals surface area contributed by atoms with Gasteiger partial charge in [0.05, 0.1) is 12.2 Å². The van der Waals surface area contributed by atoms with Crippen LogP contribution < -0.4 is 10.6 Å². The molecule has 0 aliphatic carbocycles. The van der Waals surface area contributed by atoms with Gasteiger partial charge in [-0.2, -0.15) is 5.10 Å². The van der Waals surface area contributed by atoms with Crippen molar-refractivity contribution in [1.29, 1.82) is 0 Å². The summed E-state index contributed by atoms with van der Waals surface area (Å²) in [5.74, 6) is 0.00589. The van der Waals surface area contributed by atoms with Crippen molar-refractivity contribution in [3.8, 4) is 0 Å². The first-order chi connectivity index (χ1) is 10.6. The number of amides is 1. The van der Waals surface area contributed by atoms with Gasteiger partial charge >= 0.3 is 0 Å². The second-order valence-electron chi connectivity index (χ2n) is 5.94. The fourth-order valence-corrected chi connectivity index (χ4v) is 2.82. The van der Waals surface area contributed by atoms with E-state index in [9.17, 15) is 4.79 Å². The molecule has 116 valence electrons. The van der Waals surface area contributed by atoms with Gasteiger partial charge in [0.15, 0.2) is 0 Å². The summed E-state index contributed by atoms with van der Waals surface area (Å²) < 4.78 is 1.98. The van der Waals surface area contributed by atoms with Crippen LogP contribution in [0.3, 0.4) is 0 Å². The zero-order valence-corrected chi connectivity index (χ0v) is 13.1. The molecule has 5 heteroatoms. The minimum atomic E-state index is 0.00589. The molecule has 2 N–H and O–H groups in total. The third-order valence-corrected chi connectivity index (χ3v) is 4.05. The number of nitrogens with one attached hydrogen (secondary N) is 2. The maximum Gasteiger partial charge on any atom is 0.251 e. The fourth-order valence-electron chi connectivity index (χ4n) is 2.82. The van der Waals surface area contributed by atoms with Crippen LogP contribution in [0.4, 0.5) is 0 Å². The molecule has 1 unspecified atom stereocenters. The average molecular weight is 298 g/mol. The molecule has 1 amide bonds. The third kappa shape index (κ3) is 3.36. The Kier molecular flexibility index (Phi) is 4.24. The molecule has 3 rings (SSSR count). The van der Waals surface area contributed by atoms with Crippen LogP contribution >= 0.6 is 0 Å². The first kappa shape index (κ1) is 14.8. The Labute approximate surface area is 130 Å². The lowest BCUT2D eigenvalue weighted by atomic mass is 10.1. The second-order valence-corrected chi connectivity index (χ2v) is 5.94. The largest absolute Gasteiger partial charge is 0.348 e. The van der Waals surface area contributed by atoms with Crippen molar-refractivity contribution in [2.45, 2.75) is 32.9 Å². The normalized spacial score (nSPS) is 17.6. The number of hydrogen-bond acceptors (Lipinski definition) is 3. The Morgan fingerprint density at radius 1 is 1.36 bits per heavy atom. The Balaban J connectivity index is 1.64. The standard InChI is InChI=1S/C17H22N4O/c1-12-9-13(2)21(20-12)11-14-3-5-15(6-4-14)17(22)19-16-7-8-18-10-16/h3-6,9,16,18H,7-8,10-11H2,1-2H3,(H,19,22). The molecule has 1 aromatic heterocycles. The van der Waals surface area contributed by atoms with Crippen molar-refractivity contribution in [3.05, 3.63) is 52.8 Å². The quantitative estimate of drug-likeness (QED) is 0.902. The van der Waals surface area contributed by atoms with Crippen LogP contribution in [0.5, 0.6) is 0 Å². The molecule has 1 aliphatic rings. The van der Waals surface area contributed by atoms with Crippen molar-refractivity contribution < 1.29 is 4.79 Å². The SMILES string of the molecule is Cc1cc(C)n(Cc2ccc(C(=O)NC3CCNC3)cc2)n1. The topological polar surface area (TPSA) is 59.0 Å². The molecule has 1 aromatic carbocycles. The first-order valence-electron chi connectivity index (χ1n) is 7.73. The van der Waals surface area contributed by atoms with Gasteiger partial charge in [0.25, 0.3) is 5.91 Å². The highest BCUT2D eigenvalue weighted by Crippen LogP contribution is 2.10. The van der Waals surface area contributed by atoms with Gasteiger partial charge in [-0.25, -0.2) is 0 Å². The minimum Gasteiger partial charge on any atom is -0.348 e. The predicted molar refractivity (Wildman–Crippen MR) is 86.0 cm³/mol. The van der Waals surface area contributed by atoms with Crippen molar-refractivity contribution >= 4 is 5.91 Å². The lowest BCUT2D eigenvalue weighted by molar-refractivity contribution is 0.0940. The maximum atomic E-state index is 12.2. The van der Waals surface area contributed by atoms with Crippen molar-refractivity contribution in [2.24, 2.45) is 0 Å². The van der Waals surface area contributed by atoms with E-state index in [0.29, 0.717) is 5.56 Å². The Morgan fingerprint density at radius 3 is 2.73 bits per heavy atom. The lowest BCUT2D eigenvalue weighted by Gasteiger charge is -2.11. The molecule has 0 bridgehead atoms.